The minimum absolute atomic E-state index is 0.359. The molecule has 42 heavy (non-hydrogen) atoms. The molecule has 2 fully saturated rings. The SMILES string of the molecule is CCC(C)c1cc(C(=NC(=NC)C2=CCC(=N/C=C(F)/C=C\C=C(/C)F)NC=C2)N2CCNCC2)c(C2CCC2)cn1. The Morgan fingerprint density at radius 2 is 2.02 bits per heavy atom. The van der Waals surface area contributed by atoms with Gasteiger partial charge in [0.05, 0.1) is 12.0 Å². The van der Waals surface area contributed by atoms with Crippen molar-refractivity contribution in [2.75, 3.05) is 33.2 Å². The zero-order chi connectivity index (χ0) is 29.9. The predicted molar refractivity (Wildman–Crippen MR) is 169 cm³/mol. The van der Waals surface area contributed by atoms with Gasteiger partial charge in [-0.1, -0.05) is 32.4 Å². The van der Waals surface area contributed by atoms with E-state index in [2.05, 4.69) is 51.6 Å². The highest BCUT2D eigenvalue weighted by atomic mass is 19.1. The van der Waals surface area contributed by atoms with Gasteiger partial charge in [0.1, 0.15) is 17.5 Å². The van der Waals surface area contributed by atoms with Crippen molar-refractivity contribution in [1.29, 1.82) is 0 Å². The minimum Gasteiger partial charge on any atom is -0.353 e. The maximum absolute atomic E-state index is 14.1. The van der Waals surface area contributed by atoms with E-state index in [1.807, 2.05) is 12.2 Å². The molecule has 7 nitrogen and oxygen atoms in total. The number of nitrogens with zero attached hydrogens (tertiary/aromatic N) is 5. The molecule has 9 heteroatoms. The van der Waals surface area contributed by atoms with Gasteiger partial charge in [-0.25, -0.2) is 18.8 Å². The molecule has 0 radical (unpaired) electrons. The first-order valence-electron chi connectivity index (χ1n) is 15.0. The summed E-state index contributed by atoms with van der Waals surface area (Å²) in [7, 11) is 1.76. The molecule has 0 spiro atoms. The molecule has 1 saturated heterocycles. The van der Waals surface area contributed by atoms with E-state index in [-0.39, 0.29) is 0 Å². The molecule has 4 rings (SSSR count). The Hall–Kier alpha value is -3.72. The van der Waals surface area contributed by atoms with Crippen LogP contribution in [0, 0.1) is 0 Å². The third-order valence-corrected chi connectivity index (χ3v) is 7.91. The number of pyridine rings is 1. The molecule has 3 aliphatic rings. The third-order valence-electron chi connectivity index (χ3n) is 7.91. The van der Waals surface area contributed by atoms with Crippen LogP contribution in [0.3, 0.4) is 0 Å². The maximum Gasteiger partial charge on any atom is 0.156 e. The molecule has 1 atom stereocenters. The highest BCUT2D eigenvalue weighted by Gasteiger charge is 2.28. The first-order chi connectivity index (χ1) is 20.4. The zero-order valence-electron chi connectivity index (χ0n) is 25.2. The fourth-order valence-corrected chi connectivity index (χ4v) is 4.99. The number of rotatable bonds is 8. The van der Waals surface area contributed by atoms with Crippen molar-refractivity contribution >= 4 is 17.5 Å². The number of allylic oxidation sites excluding steroid dienone is 5. The molecule has 1 aliphatic carbocycles. The van der Waals surface area contributed by atoms with Gasteiger partial charge in [-0.2, -0.15) is 0 Å². The molecule has 3 heterocycles. The summed E-state index contributed by atoms with van der Waals surface area (Å²) in [6.45, 7) is 9.24. The Labute approximate surface area is 248 Å². The van der Waals surface area contributed by atoms with Crippen LogP contribution in [-0.4, -0.2) is 60.6 Å². The number of piperazine rings is 1. The summed E-state index contributed by atoms with van der Waals surface area (Å²) < 4.78 is 26.9. The van der Waals surface area contributed by atoms with Gasteiger partial charge in [-0.15, -0.1) is 0 Å². The van der Waals surface area contributed by atoms with Crippen LogP contribution >= 0.6 is 0 Å². The monoisotopic (exact) mass is 575 g/mol. The fraction of sp³-hybridized carbons (Fsp3) is 0.455. The third kappa shape index (κ3) is 8.41. The number of hydrogen-bond acceptors (Lipinski definition) is 4. The van der Waals surface area contributed by atoms with Gasteiger partial charge in [-0.3, -0.25) is 9.98 Å². The van der Waals surface area contributed by atoms with E-state index >= 15 is 0 Å². The second-order valence-electron chi connectivity index (χ2n) is 10.9. The second-order valence-corrected chi connectivity index (χ2v) is 10.9. The predicted octanol–water partition coefficient (Wildman–Crippen LogP) is 6.62. The number of halogens is 2. The topological polar surface area (TPSA) is 77.3 Å². The molecular formula is C33H43F2N7. The summed E-state index contributed by atoms with van der Waals surface area (Å²) in [5.41, 5.74) is 4.40. The van der Waals surface area contributed by atoms with Crippen LogP contribution in [0.1, 0.15) is 81.5 Å². The lowest BCUT2D eigenvalue weighted by molar-refractivity contribution is 0.357. The lowest BCUT2D eigenvalue weighted by atomic mass is 9.78. The lowest BCUT2D eigenvalue weighted by Gasteiger charge is -2.34. The van der Waals surface area contributed by atoms with Crippen LogP contribution in [0.5, 0.6) is 0 Å². The van der Waals surface area contributed by atoms with Crippen molar-refractivity contribution in [2.24, 2.45) is 15.0 Å². The summed E-state index contributed by atoms with van der Waals surface area (Å²) in [6.07, 6.45) is 17.6. The van der Waals surface area contributed by atoms with E-state index in [1.54, 1.807) is 13.2 Å². The summed E-state index contributed by atoms with van der Waals surface area (Å²) >= 11 is 0. The van der Waals surface area contributed by atoms with E-state index < -0.39 is 11.7 Å². The van der Waals surface area contributed by atoms with Crippen molar-refractivity contribution in [3.63, 3.8) is 0 Å². The summed E-state index contributed by atoms with van der Waals surface area (Å²) in [6, 6.07) is 2.26. The van der Waals surface area contributed by atoms with Crippen molar-refractivity contribution < 1.29 is 8.78 Å². The van der Waals surface area contributed by atoms with Gasteiger partial charge in [0.2, 0.25) is 0 Å². The van der Waals surface area contributed by atoms with Crippen molar-refractivity contribution in [3.05, 3.63) is 89.1 Å². The van der Waals surface area contributed by atoms with E-state index in [0.717, 1.165) is 61.5 Å². The van der Waals surface area contributed by atoms with Crippen LogP contribution in [0.15, 0.2) is 87.2 Å². The van der Waals surface area contributed by atoms with Crippen LogP contribution in [0.2, 0.25) is 0 Å². The average molecular weight is 576 g/mol. The second kappa shape index (κ2) is 15.5. The van der Waals surface area contributed by atoms with Crippen LogP contribution < -0.4 is 10.6 Å². The zero-order valence-corrected chi connectivity index (χ0v) is 25.2. The Morgan fingerprint density at radius 1 is 1.24 bits per heavy atom. The van der Waals surface area contributed by atoms with Crippen LogP contribution in [-0.2, 0) is 0 Å². The maximum atomic E-state index is 14.1. The molecule has 2 aliphatic heterocycles. The van der Waals surface area contributed by atoms with E-state index in [1.165, 1.54) is 50.0 Å². The van der Waals surface area contributed by atoms with Crippen molar-refractivity contribution in [3.8, 4) is 0 Å². The molecule has 2 N–H and O–H groups in total. The Balaban J connectivity index is 1.68. The Bertz CT molecular complexity index is 1340. The van der Waals surface area contributed by atoms with Crippen molar-refractivity contribution in [1.82, 2.24) is 20.5 Å². The van der Waals surface area contributed by atoms with Crippen molar-refractivity contribution in [2.45, 2.75) is 64.7 Å². The molecule has 1 unspecified atom stereocenters. The highest BCUT2D eigenvalue weighted by molar-refractivity contribution is 6.13. The molecule has 224 valence electrons. The Morgan fingerprint density at radius 3 is 2.69 bits per heavy atom. The van der Waals surface area contributed by atoms with Gasteiger partial charge in [0, 0.05) is 68.9 Å². The summed E-state index contributed by atoms with van der Waals surface area (Å²) in [5, 5.41) is 6.57. The van der Waals surface area contributed by atoms with Gasteiger partial charge in [-0.05, 0) is 67.9 Å². The minimum atomic E-state index is -0.573. The first-order valence-corrected chi connectivity index (χ1v) is 15.0. The van der Waals surface area contributed by atoms with E-state index in [0.29, 0.717) is 29.9 Å². The smallest absolute Gasteiger partial charge is 0.156 e. The highest BCUT2D eigenvalue weighted by Crippen LogP contribution is 2.39. The summed E-state index contributed by atoms with van der Waals surface area (Å²) in [5.74, 6) is 2.05. The number of nitrogens with one attached hydrogen (secondary N) is 2. The lowest BCUT2D eigenvalue weighted by Crippen LogP contribution is -2.47. The fourth-order valence-electron chi connectivity index (χ4n) is 4.99. The molecule has 0 bridgehead atoms. The average Bonchev–Trinajstić information content (AvgIpc) is 3.22. The molecular weight excluding hydrogens is 532 g/mol. The molecule has 0 amide bonds. The molecule has 0 aromatic carbocycles. The van der Waals surface area contributed by atoms with Gasteiger partial charge < -0.3 is 15.5 Å². The number of aliphatic imine (C=N–C) groups is 3. The quantitative estimate of drug-likeness (QED) is 0.208. The summed E-state index contributed by atoms with van der Waals surface area (Å²) in [4.78, 5) is 21.4. The molecule has 1 saturated carbocycles. The van der Waals surface area contributed by atoms with Crippen LogP contribution in [0.4, 0.5) is 8.78 Å². The Kier molecular flexibility index (Phi) is 11.5. The largest absolute Gasteiger partial charge is 0.353 e. The van der Waals surface area contributed by atoms with Gasteiger partial charge in [0.15, 0.2) is 5.84 Å². The number of amidine groups is 3. The standard InChI is InChI=1S/C33H43F2N7/c1-5-23(2)30-20-28(29(22-39-30)25-9-7-10-25)33(42-18-16-37-17-19-42)41-32(36-4)26-12-13-31(38-15-14-26)40-21-27(35)11-6-8-24(3)34/h6,8,11-12,14-15,20-23,25,37H,5,7,9-10,13,16-19H2,1-4H3,(H,38,40)/b11-6-,24-8+,27-21-,36-32?,41-33?. The first kappa shape index (κ1) is 31.2. The normalized spacial score (nSPS) is 21.3. The van der Waals surface area contributed by atoms with Gasteiger partial charge in [0.25, 0.3) is 0 Å². The van der Waals surface area contributed by atoms with E-state index in [9.17, 15) is 8.78 Å². The molecule has 1 aromatic heterocycles. The number of aromatic nitrogens is 1. The molecule has 1 aromatic rings. The van der Waals surface area contributed by atoms with Crippen LogP contribution in [0.25, 0.3) is 0 Å². The number of hydrogen-bond donors (Lipinski definition) is 2. The van der Waals surface area contributed by atoms with Gasteiger partial charge >= 0.3 is 0 Å². The van der Waals surface area contributed by atoms with E-state index in [4.69, 9.17) is 9.98 Å².